The maximum absolute atomic E-state index is 5.53. The Kier molecular flexibility index (Phi) is 3.58. The van der Waals surface area contributed by atoms with Gasteiger partial charge in [-0.2, -0.15) is 0 Å². The van der Waals surface area contributed by atoms with Crippen molar-refractivity contribution in [2.24, 2.45) is 11.8 Å². The zero-order valence-corrected chi connectivity index (χ0v) is 11.8. The number of rotatable bonds is 3. The van der Waals surface area contributed by atoms with Crippen molar-refractivity contribution in [2.75, 3.05) is 6.61 Å². The predicted octanol–water partition coefficient (Wildman–Crippen LogP) is 4.35. The molecular weight excluding hydrogens is 264 g/mol. The summed E-state index contributed by atoms with van der Waals surface area (Å²) >= 11 is 3.82. The molecule has 0 N–H and O–H groups in total. The zero-order chi connectivity index (χ0) is 11.7. The Morgan fingerprint density at radius 2 is 2.00 bits per heavy atom. The smallest absolute Gasteiger partial charge is 0.122 e. The number of ether oxygens (including phenoxy) is 1. The first-order valence-corrected chi connectivity index (χ1v) is 6.91. The Bertz CT molecular complexity index is 373. The van der Waals surface area contributed by atoms with Crippen LogP contribution in [0, 0.1) is 11.8 Å². The van der Waals surface area contributed by atoms with E-state index >= 15 is 0 Å². The standard InChI is InChI=1S/C14H19BrO/c1-9(2)10(3)14(15)12-4-5-13-11(8-12)6-7-16-13/h4-5,8-10,14H,6-7H2,1-3H3. The molecule has 0 bridgehead atoms. The molecule has 0 saturated carbocycles. The molecule has 0 aliphatic carbocycles. The van der Waals surface area contributed by atoms with E-state index in [1.807, 2.05) is 0 Å². The van der Waals surface area contributed by atoms with Gasteiger partial charge in [0.15, 0.2) is 0 Å². The minimum Gasteiger partial charge on any atom is -0.493 e. The lowest BCUT2D eigenvalue weighted by molar-refractivity contribution is 0.356. The molecule has 16 heavy (non-hydrogen) atoms. The minimum atomic E-state index is 0.443. The molecule has 2 atom stereocenters. The fourth-order valence-corrected chi connectivity index (χ4v) is 2.91. The second kappa shape index (κ2) is 4.79. The molecule has 0 fully saturated rings. The zero-order valence-electron chi connectivity index (χ0n) is 10.2. The maximum Gasteiger partial charge on any atom is 0.122 e. The Balaban J connectivity index is 2.21. The van der Waals surface area contributed by atoms with Gasteiger partial charge in [0.2, 0.25) is 0 Å². The minimum absolute atomic E-state index is 0.443. The van der Waals surface area contributed by atoms with Crippen LogP contribution in [-0.4, -0.2) is 6.61 Å². The number of halogens is 1. The second-order valence-corrected chi connectivity index (χ2v) is 5.96. The number of fused-ring (bicyclic) bond motifs is 1. The summed E-state index contributed by atoms with van der Waals surface area (Å²) < 4.78 is 5.53. The third kappa shape index (κ3) is 2.27. The van der Waals surface area contributed by atoms with Gasteiger partial charge in [-0.3, -0.25) is 0 Å². The van der Waals surface area contributed by atoms with Crippen LogP contribution < -0.4 is 4.74 Å². The summed E-state index contributed by atoms with van der Waals surface area (Å²) in [5.41, 5.74) is 2.74. The number of hydrogen-bond donors (Lipinski definition) is 0. The number of alkyl halides is 1. The normalized spacial score (nSPS) is 18.1. The van der Waals surface area contributed by atoms with Crippen LogP contribution >= 0.6 is 15.9 Å². The molecule has 1 heterocycles. The van der Waals surface area contributed by atoms with Crippen molar-refractivity contribution in [3.63, 3.8) is 0 Å². The van der Waals surface area contributed by atoms with E-state index in [1.54, 1.807) is 0 Å². The van der Waals surface area contributed by atoms with Gasteiger partial charge in [0.05, 0.1) is 6.61 Å². The van der Waals surface area contributed by atoms with E-state index in [2.05, 4.69) is 54.9 Å². The molecule has 1 aromatic rings. The number of benzene rings is 1. The topological polar surface area (TPSA) is 9.23 Å². The van der Waals surface area contributed by atoms with Crippen LogP contribution in [0.15, 0.2) is 18.2 Å². The summed E-state index contributed by atoms with van der Waals surface area (Å²) in [6.45, 7) is 7.68. The van der Waals surface area contributed by atoms with E-state index in [1.165, 1.54) is 11.1 Å². The van der Waals surface area contributed by atoms with Crippen molar-refractivity contribution in [3.8, 4) is 5.75 Å². The quantitative estimate of drug-likeness (QED) is 0.749. The second-order valence-electron chi connectivity index (χ2n) is 4.97. The average Bonchev–Trinajstić information content (AvgIpc) is 2.73. The van der Waals surface area contributed by atoms with Crippen molar-refractivity contribution in [3.05, 3.63) is 29.3 Å². The van der Waals surface area contributed by atoms with Crippen LogP contribution in [0.25, 0.3) is 0 Å². The summed E-state index contributed by atoms with van der Waals surface area (Å²) in [7, 11) is 0. The number of hydrogen-bond acceptors (Lipinski definition) is 1. The lowest BCUT2D eigenvalue weighted by Crippen LogP contribution is -2.10. The van der Waals surface area contributed by atoms with Gasteiger partial charge in [-0.25, -0.2) is 0 Å². The van der Waals surface area contributed by atoms with Crippen molar-refractivity contribution in [2.45, 2.75) is 32.0 Å². The first-order chi connectivity index (χ1) is 7.59. The summed E-state index contributed by atoms with van der Waals surface area (Å²) in [5, 5.41) is 0. The van der Waals surface area contributed by atoms with Crippen molar-refractivity contribution >= 4 is 15.9 Å². The molecular formula is C14H19BrO. The molecule has 2 heteroatoms. The Morgan fingerprint density at radius 1 is 1.25 bits per heavy atom. The molecule has 88 valence electrons. The fraction of sp³-hybridized carbons (Fsp3) is 0.571. The van der Waals surface area contributed by atoms with Gasteiger partial charge in [0, 0.05) is 11.2 Å². The molecule has 1 aliphatic rings. The van der Waals surface area contributed by atoms with Crippen LogP contribution in [0.2, 0.25) is 0 Å². The van der Waals surface area contributed by atoms with E-state index in [4.69, 9.17) is 4.74 Å². The highest BCUT2D eigenvalue weighted by molar-refractivity contribution is 9.09. The van der Waals surface area contributed by atoms with Crippen LogP contribution in [0.1, 0.15) is 36.7 Å². The molecule has 0 aromatic heterocycles. The first-order valence-electron chi connectivity index (χ1n) is 5.99. The van der Waals surface area contributed by atoms with Gasteiger partial charge < -0.3 is 4.74 Å². The van der Waals surface area contributed by atoms with Crippen molar-refractivity contribution in [1.82, 2.24) is 0 Å². The van der Waals surface area contributed by atoms with E-state index in [-0.39, 0.29) is 0 Å². The van der Waals surface area contributed by atoms with Gasteiger partial charge in [-0.1, -0.05) is 48.8 Å². The van der Waals surface area contributed by atoms with E-state index in [0.29, 0.717) is 16.7 Å². The highest BCUT2D eigenvalue weighted by Gasteiger charge is 2.21. The maximum atomic E-state index is 5.53. The van der Waals surface area contributed by atoms with Crippen molar-refractivity contribution < 1.29 is 4.74 Å². The molecule has 0 spiro atoms. The third-order valence-corrected chi connectivity index (χ3v) is 4.91. The van der Waals surface area contributed by atoms with Gasteiger partial charge >= 0.3 is 0 Å². The van der Waals surface area contributed by atoms with Crippen LogP contribution in [0.4, 0.5) is 0 Å². The highest BCUT2D eigenvalue weighted by atomic mass is 79.9. The summed E-state index contributed by atoms with van der Waals surface area (Å²) in [4.78, 5) is 0.443. The fourth-order valence-electron chi connectivity index (χ4n) is 2.02. The lowest BCUT2D eigenvalue weighted by Gasteiger charge is -2.22. The largest absolute Gasteiger partial charge is 0.493 e. The summed E-state index contributed by atoms with van der Waals surface area (Å²) in [6, 6.07) is 6.59. The summed E-state index contributed by atoms with van der Waals surface area (Å²) in [5.74, 6) is 2.40. The Morgan fingerprint density at radius 3 is 2.69 bits per heavy atom. The van der Waals surface area contributed by atoms with Crippen LogP contribution in [-0.2, 0) is 6.42 Å². The predicted molar refractivity (Wildman–Crippen MR) is 71.3 cm³/mol. The Hall–Kier alpha value is -0.500. The van der Waals surface area contributed by atoms with Gasteiger partial charge in [0.25, 0.3) is 0 Å². The van der Waals surface area contributed by atoms with Crippen molar-refractivity contribution in [1.29, 1.82) is 0 Å². The van der Waals surface area contributed by atoms with Crippen LogP contribution in [0.5, 0.6) is 5.75 Å². The third-order valence-electron chi connectivity index (χ3n) is 3.55. The first kappa shape index (κ1) is 12.0. The van der Waals surface area contributed by atoms with Gasteiger partial charge in [0.1, 0.15) is 5.75 Å². The molecule has 0 saturated heterocycles. The molecule has 1 nitrogen and oxygen atoms in total. The SMILES string of the molecule is CC(C)C(C)C(Br)c1ccc2c(c1)CCO2. The highest BCUT2D eigenvalue weighted by Crippen LogP contribution is 2.37. The molecule has 2 rings (SSSR count). The molecule has 1 aliphatic heterocycles. The van der Waals surface area contributed by atoms with Gasteiger partial charge in [-0.05, 0) is 29.0 Å². The average molecular weight is 283 g/mol. The molecule has 1 aromatic carbocycles. The Labute approximate surface area is 106 Å². The molecule has 0 radical (unpaired) electrons. The summed E-state index contributed by atoms with van der Waals surface area (Å²) in [6.07, 6.45) is 1.05. The van der Waals surface area contributed by atoms with Crippen LogP contribution in [0.3, 0.4) is 0 Å². The molecule has 2 unspecified atom stereocenters. The van der Waals surface area contributed by atoms with E-state index in [9.17, 15) is 0 Å². The van der Waals surface area contributed by atoms with Gasteiger partial charge in [-0.15, -0.1) is 0 Å². The molecule has 0 amide bonds. The van der Waals surface area contributed by atoms with E-state index < -0.39 is 0 Å². The lowest BCUT2D eigenvalue weighted by atomic mass is 9.90. The monoisotopic (exact) mass is 282 g/mol. The van der Waals surface area contributed by atoms with E-state index in [0.717, 1.165) is 18.8 Å².